The third kappa shape index (κ3) is 3.83. The predicted octanol–water partition coefficient (Wildman–Crippen LogP) is 3.76. The van der Waals surface area contributed by atoms with Crippen molar-refractivity contribution < 1.29 is 4.79 Å². The summed E-state index contributed by atoms with van der Waals surface area (Å²) in [5, 5.41) is 13.2. The summed E-state index contributed by atoms with van der Waals surface area (Å²) in [6.45, 7) is 2.55. The number of nitrogens with one attached hydrogen (secondary N) is 1. The Kier molecular flexibility index (Phi) is 4.82. The SMILES string of the molecule is CCCc1nnc(NC(=O)N(C)Cc2nc3ccccc3s2)s1. The molecule has 120 valence electrons. The third-order valence-electron chi connectivity index (χ3n) is 3.20. The number of amides is 2. The van der Waals surface area contributed by atoms with Crippen LogP contribution in [0.25, 0.3) is 10.2 Å². The van der Waals surface area contributed by atoms with Crippen molar-refractivity contribution in [2.24, 2.45) is 0 Å². The van der Waals surface area contributed by atoms with Gasteiger partial charge in [-0.05, 0) is 18.6 Å². The lowest BCUT2D eigenvalue weighted by molar-refractivity contribution is 0.220. The molecule has 0 aliphatic heterocycles. The maximum atomic E-state index is 12.2. The average Bonchev–Trinajstić information content (AvgIpc) is 3.13. The quantitative estimate of drug-likeness (QED) is 0.763. The van der Waals surface area contributed by atoms with E-state index >= 15 is 0 Å². The molecule has 0 aliphatic carbocycles. The van der Waals surface area contributed by atoms with Gasteiger partial charge in [0.15, 0.2) is 0 Å². The van der Waals surface area contributed by atoms with Gasteiger partial charge in [0, 0.05) is 13.5 Å². The van der Waals surface area contributed by atoms with Crippen molar-refractivity contribution in [1.82, 2.24) is 20.1 Å². The number of urea groups is 1. The van der Waals surface area contributed by atoms with E-state index in [4.69, 9.17) is 0 Å². The summed E-state index contributed by atoms with van der Waals surface area (Å²) in [6, 6.07) is 7.76. The molecule has 0 saturated heterocycles. The van der Waals surface area contributed by atoms with Crippen molar-refractivity contribution in [2.75, 3.05) is 12.4 Å². The molecule has 23 heavy (non-hydrogen) atoms. The van der Waals surface area contributed by atoms with Crippen LogP contribution in [0.3, 0.4) is 0 Å². The molecule has 0 spiro atoms. The Hall–Kier alpha value is -2.06. The second kappa shape index (κ2) is 7.01. The molecule has 0 aliphatic rings. The van der Waals surface area contributed by atoms with Gasteiger partial charge in [-0.25, -0.2) is 9.78 Å². The molecule has 0 atom stereocenters. The summed E-state index contributed by atoms with van der Waals surface area (Å²) in [7, 11) is 1.75. The maximum Gasteiger partial charge on any atom is 0.323 e. The highest BCUT2D eigenvalue weighted by atomic mass is 32.1. The number of thiazole rings is 1. The summed E-state index contributed by atoms with van der Waals surface area (Å²) in [6.07, 6.45) is 1.90. The Labute approximate surface area is 142 Å². The largest absolute Gasteiger partial charge is 0.323 e. The number of aromatic nitrogens is 3. The summed E-state index contributed by atoms with van der Waals surface area (Å²) in [5.41, 5.74) is 0.967. The molecular weight excluding hydrogens is 330 g/mol. The van der Waals surface area contributed by atoms with Crippen LogP contribution < -0.4 is 5.32 Å². The monoisotopic (exact) mass is 347 g/mol. The Morgan fingerprint density at radius 1 is 1.22 bits per heavy atom. The molecule has 1 N–H and O–H groups in total. The molecule has 0 fully saturated rings. The number of fused-ring (bicyclic) bond motifs is 1. The normalized spacial score (nSPS) is 10.9. The minimum Gasteiger partial charge on any atom is -0.321 e. The van der Waals surface area contributed by atoms with Crippen LogP contribution in [0.15, 0.2) is 24.3 Å². The number of rotatable bonds is 5. The fraction of sp³-hybridized carbons (Fsp3) is 0.333. The predicted molar refractivity (Wildman–Crippen MR) is 94.0 cm³/mol. The van der Waals surface area contributed by atoms with E-state index in [0.717, 1.165) is 33.1 Å². The number of nitrogens with zero attached hydrogens (tertiary/aromatic N) is 4. The number of aryl methyl sites for hydroxylation is 1. The fourth-order valence-corrected chi connectivity index (χ4v) is 3.92. The van der Waals surface area contributed by atoms with Crippen LogP contribution in [-0.4, -0.2) is 33.2 Å². The van der Waals surface area contributed by atoms with Crippen molar-refractivity contribution in [2.45, 2.75) is 26.3 Å². The van der Waals surface area contributed by atoms with Gasteiger partial charge in [0.25, 0.3) is 0 Å². The molecule has 2 aromatic heterocycles. The lowest BCUT2D eigenvalue weighted by atomic mass is 10.3. The standard InChI is InChI=1S/C15H17N5OS2/c1-3-6-12-18-19-14(23-12)17-15(21)20(2)9-13-16-10-7-4-5-8-11(10)22-13/h4-5,7-8H,3,6,9H2,1-2H3,(H,17,19,21). The highest BCUT2D eigenvalue weighted by Crippen LogP contribution is 2.23. The van der Waals surface area contributed by atoms with Gasteiger partial charge < -0.3 is 4.90 Å². The van der Waals surface area contributed by atoms with Crippen LogP contribution in [0.5, 0.6) is 0 Å². The number of carbonyl (C=O) groups is 1. The van der Waals surface area contributed by atoms with Gasteiger partial charge in [-0.2, -0.15) is 0 Å². The van der Waals surface area contributed by atoms with Crippen molar-refractivity contribution in [3.8, 4) is 0 Å². The van der Waals surface area contributed by atoms with Gasteiger partial charge in [0.05, 0.1) is 16.8 Å². The lowest BCUT2D eigenvalue weighted by Gasteiger charge is -2.14. The minimum absolute atomic E-state index is 0.205. The van der Waals surface area contributed by atoms with Crippen LogP contribution in [0.1, 0.15) is 23.4 Å². The Bertz CT molecular complexity index is 780. The summed E-state index contributed by atoms with van der Waals surface area (Å²) >= 11 is 3.02. The zero-order chi connectivity index (χ0) is 16.2. The first kappa shape index (κ1) is 15.8. The second-order valence-electron chi connectivity index (χ2n) is 5.11. The fourth-order valence-electron chi connectivity index (χ4n) is 2.07. The molecule has 0 unspecified atom stereocenters. The van der Waals surface area contributed by atoms with Crippen LogP contribution in [-0.2, 0) is 13.0 Å². The lowest BCUT2D eigenvalue weighted by Crippen LogP contribution is -2.30. The Morgan fingerprint density at radius 2 is 2.04 bits per heavy atom. The van der Waals surface area contributed by atoms with Gasteiger partial charge in [-0.15, -0.1) is 21.5 Å². The summed E-state index contributed by atoms with van der Waals surface area (Å²) in [5.74, 6) is 0. The molecule has 2 heterocycles. The third-order valence-corrected chi connectivity index (χ3v) is 5.12. The molecule has 6 nitrogen and oxygen atoms in total. The molecular formula is C15H17N5OS2. The van der Waals surface area contributed by atoms with Gasteiger partial charge in [-0.3, -0.25) is 5.32 Å². The first-order chi connectivity index (χ1) is 11.2. The van der Waals surface area contributed by atoms with Crippen molar-refractivity contribution in [3.63, 3.8) is 0 Å². The highest BCUT2D eigenvalue weighted by molar-refractivity contribution is 7.18. The first-order valence-electron chi connectivity index (χ1n) is 7.34. The number of benzene rings is 1. The van der Waals surface area contributed by atoms with E-state index in [1.807, 2.05) is 24.3 Å². The van der Waals surface area contributed by atoms with E-state index in [1.54, 1.807) is 23.3 Å². The van der Waals surface area contributed by atoms with Crippen LogP contribution in [0, 0.1) is 0 Å². The Balaban J connectivity index is 1.62. The van der Waals surface area contributed by atoms with E-state index in [9.17, 15) is 4.79 Å². The number of hydrogen-bond acceptors (Lipinski definition) is 6. The van der Waals surface area contributed by atoms with Crippen LogP contribution in [0.4, 0.5) is 9.93 Å². The first-order valence-corrected chi connectivity index (χ1v) is 8.98. The number of carbonyl (C=O) groups excluding carboxylic acids is 1. The van der Waals surface area contributed by atoms with Crippen LogP contribution >= 0.6 is 22.7 Å². The van der Waals surface area contributed by atoms with Gasteiger partial charge in [0.1, 0.15) is 10.0 Å². The van der Waals surface area contributed by atoms with E-state index in [2.05, 4.69) is 27.4 Å². The highest BCUT2D eigenvalue weighted by Gasteiger charge is 2.14. The van der Waals surface area contributed by atoms with E-state index in [1.165, 1.54) is 11.3 Å². The average molecular weight is 347 g/mol. The van der Waals surface area contributed by atoms with Crippen LogP contribution in [0.2, 0.25) is 0 Å². The smallest absolute Gasteiger partial charge is 0.321 e. The molecule has 0 radical (unpaired) electrons. The summed E-state index contributed by atoms with van der Waals surface area (Å²) < 4.78 is 1.13. The van der Waals surface area contributed by atoms with Crippen molar-refractivity contribution in [1.29, 1.82) is 0 Å². The molecule has 2 amide bonds. The van der Waals surface area contributed by atoms with E-state index in [0.29, 0.717) is 11.7 Å². The molecule has 0 bridgehead atoms. The minimum atomic E-state index is -0.205. The maximum absolute atomic E-state index is 12.2. The zero-order valence-corrected chi connectivity index (χ0v) is 14.6. The van der Waals surface area contributed by atoms with E-state index in [-0.39, 0.29) is 6.03 Å². The topological polar surface area (TPSA) is 71.0 Å². The molecule has 1 aromatic carbocycles. The van der Waals surface area contributed by atoms with Gasteiger partial charge in [-0.1, -0.05) is 30.4 Å². The number of anilines is 1. The molecule has 8 heteroatoms. The second-order valence-corrected chi connectivity index (χ2v) is 7.29. The molecule has 3 rings (SSSR count). The summed E-state index contributed by atoms with van der Waals surface area (Å²) in [4.78, 5) is 18.4. The Morgan fingerprint density at radius 3 is 2.83 bits per heavy atom. The number of hydrogen-bond donors (Lipinski definition) is 1. The molecule has 3 aromatic rings. The van der Waals surface area contributed by atoms with Gasteiger partial charge in [0.2, 0.25) is 5.13 Å². The number of para-hydroxylation sites is 1. The van der Waals surface area contributed by atoms with Crippen molar-refractivity contribution in [3.05, 3.63) is 34.3 Å². The van der Waals surface area contributed by atoms with Crippen molar-refractivity contribution >= 4 is 44.1 Å². The van der Waals surface area contributed by atoms with E-state index < -0.39 is 0 Å². The van der Waals surface area contributed by atoms with Gasteiger partial charge >= 0.3 is 6.03 Å². The molecule has 0 saturated carbocycles. The zero-order valence-electron chi connectivity index (χ0n) is 12.9.